The third kappa shape index (κ3) is 5.12. The fourth-order valence-electron chi connectivity index (χ4n) is 2.67. The maximum atomic E-state index is 12.3. The van der Waals surface area contributed by atoms with Crippen LogP contribution in [0.1, 0.15) is 44.2 Å². The van der Waals surface area contributed by atoms with E-state index in [1.165, 1.54) is 6.08 Å². The van der Waals surface area contributed by atoms with Crippen LogP contribution in [0.4, 0.5) is 5.69 Å². The van der Waals surface area contributed by atoms with Gasteiger partial charge < -0.3 is 14.8 Å². The van der Waals surface area contributed by atoms with Crippen LogP contribution in [0, 0.1) is 0 Å². The van der Waals surface area contributed by atoms with Gasteiger partial charge in [0.15, 0.2) is 11.5 Å². The summed E-state index contributed by atoms with van der Waals surface area (Å²) in [6, 6.07) is 13.5. The Bertz CT molecular complexity index is 768. The quantitative estimate of drug-likeness (QED) is 0.659. The lowest BCUT2D eigenvalue weighted by atomic mass is 9.97. The minimum atomic E-state index is -0.159. The summed E-state index contributed by atoms with van der Waals surface area (Å²) in [5, 5.41) is 2.97. The number of hydrogen-bond acceptors (Lipinski definition) is 3. The minimum absolute atomic E-state index is 0.159. The van der Waals surface area contributed by atoms with Crippen LogP contribution >= 0.6 is 0 Å². The Labute approximate surface area is 155 Å². The van der Waals surface area contributed by atoms with E-state index in [-0.39, 0.29) is 5.91 Å². The average molecular weight is 353 g/mol. The number of ether oxygens (including phenoxy) is 2. The largest absolute Gasteiger partial charge is 0.493 e. The molecule has 1 atom stereocenters. The Morgan fingerprint density at radius 3 is 2.62 bits per heavy atom. The molecule has 4 nitrogen and oxygen atoms in total. The van der Waals surface area contributed by atoms with Crippen LogP contribution in [0.5, 0.6) is 11.5 Å². The van der Waals surface area contributed by atoms with Crippen molar-refractivity contribution >= 4 is 17.7 Å². The molecule has 2 rings (SSSR count). The average Bonchev–Trinajstić information content (AvgIpc) is 2.67. The van der Waals surface area contributed by atoms with Crippen LogP contribution < -0.4 is 14.8 Å². The summed E-state index contributed by atoms with van der Waals surface area (Å²) < 4.78 is 10.8. The van der Waals surface area contributed by atoms with Crippen LogP contribution in [0.2, 0.25) is 0 Å². The van der Waals surface area contributed by atoms with Crippen LogP contribution in [-0.2, 0) is 4.79 Å². The number of anilines is 1. The highest BCUT2D eigenvalue weighted by atomic mass is 16.5. The summed E-state index contributed by atoms with van der Waals surface area (Å²) in [7, 11) is 1.60. The highest BCUT2D eigenvalue weighted by Crippen LogP contribution is 2.29. The molecule has 0 saturated heterocycles. The zero-order valence-corrected chi connectivity index (χ0v) is 15.9. The molecule has 4 heteroatoms. The van der Waals surface area contributed by atoms with Crippen molar-refractivity contribution in [2.45, 2.75) is 33.1 Å². The van der Waals surface area contributed by atoms with Gasteiger partial charge in [0.05, 0.1) is 13.7 Å². The monoisotopic (exact) mass is 353 g/mol. The van der Waals surface area contributed by atoms with E-state index in [9.17, 15) is 4.79 Å². The fourth-order valence-corrected chi connectivity index (χ4v) is 2.67. The number of carbonyl (C=O) groups excluding carboxylic acids is 1. The molecule has 1 amide bonds. The van der Waals surface area contributed by atoms with Crippen molar-refractivity contribution in [1.82, 2.24) is 0 Å². The first kappa shape index (κ1) is 19.6. The Morgan fingerprint density at radius 2 is 1.92 bits per heavy atom. The van der Waals surface area contributed by atoms with Crippen LogP contribution in [0.25, 0.3) is 6.08 Å². The van der Waals surface area contributed by atoms with Crippen LogP contribution in [0.15, 0.2) is 48.5 Å². The molecule has 1 unspecified atom stereocenters. The number of methoxy groups -OCH3 is 1. The number of hydrogen-bond donors (Lipinski definition) is 1. The predicted molar refractivity (Wildman–Crippen MR) is 107 cm³/mol. The maximum absolute atomic E-state index is 12.3. The Morgan fingerprint density at radius 1 is 1.15 bits per heavy atom. The predicted octanol–water partition coefficient (Wildman–Crippen LogP) is 5.26. The zero-order chi connectivity index (χ0) is 18.9. The molecule has 138 valence electrons. The number of nitrogens with one attached hydrogen (secondary N) is 1. The van der Waals surface area contributed by atoms with E-state index in [1.54, 1.807) is 13.2 Å². The summed E-state index contributed by atoms with van der Waals surface area (Å²) in [6.45, 7) is 6.80. The maximum Gasteiger partial charge on any atom is 0.248 e. The van der Waals surface area contributed by atoms with Crippen molar-refractivity contribution in [3.05, 3.63) is 59.7 Å². The summed E-state index contributed by atoms with van der Waals surface area (Å²) >= 11 is 0. The Hall–Kier alpha value is -2.75. The van der Waals surface area contributed by atoms with Gasteiger partial charge in [-0.3, -0.25) is 4.79 Å². The number of benzene rings is 2. The normalized spacial score (nSPS) is 12.0. The first-order chi connectivity index (χ1) is 12.6. The first-order valence-electron chi connectivity index (χ1n) is 8.97. The van der Waals surface area contributed by atoms with Gasteiger partial charge in [0.2, 0.25) is 5.91 Å². The number of carbonyl (C=O) groups is 1. The molecule has 0 aromatic heterocycles. The highest BCUT2D eigenvalue weighted by Gasteiger charge is 2.10. The fraction of sp³-hybridized carbons (Fsp3) is 0.318. The van der Waals surface area contributed by atoms with Gasteiger partial charge in [0, 0.05) is 11.8 Å². The van der Waals surface area contributed by atoms with Gasteiger partial charge in [0.1, 0.15) is 0 Å². The lowest BCUT2D eigenvalue weighted by Gasteiger charge is -2.14. The van der Waals surface area contributed by atoms with Crippen molar-refractivity contribution in [3.63, 3.8) is 0 Å². The van der Waals surface area contributed by atoms with E-state index in [2.05, 4.69) is 25.2 Å². The Balaban J connectivity index is 2.11. The lowest BCUT2D eigenvalue weighted by Crippen LogP contribution is -2.10. The molecule has 26 heavy (non-hydrogen) atoms. The van der Waals surface area contributed by atoms with E-state index in [1.807, 2.05) is 43.3 Å². The SMILES string of the molecule is CCOc1ccc(/C=C/C(=O)Nc2ccccc2C(C)CC)cc1OC. The summed E-state index contributed by atoms with van der Waals surface area (Å²) in [5.74, 6) is 1.58. The molecule has 0 bridgehead atoms. The molecule has 0 fully saturated rings. The number of amides is 1. The molecule has 0 heterocycles. The molecule has 0 aliphatic heterocycles. The highest BCUT2D eigenvalue weighted by molar-refractivity contribution is 6.02. The number of rotatable bonds is 8. The van der Waals surface area contributed by atoms with Gasteiger partial charge in [-0.2, -0.15) is 0 Å². The molecule has 0 spiro atoms. The van der Waals surface area contributed by atoms with Crippen molar-refractivity contribution < 1.29 is 14.3 Å². The minimum Gasteiger partial charge on any atom is -0.493 e. The molecular formula is C22H27NO3. The Kier molecular flexibility index (Phi) is 7.27. The van der Waals surface area contributed by atoms with E-state index >= 15 is 0 Å². The molecule has 0 aliphatic rings. The van der Waals surface area contributed by atoms with Crippen molar-refractivity contribution in [2.75, 3.05) is 19.0 Å². The summed E-state index contributed by atoms with van der Waals surface area (Å²) in [4.78, 5) is 12.3. The molecule has 0 radical (unpaired) electrons. The smallest absolute Gasteiger partial charge is 0.248 e. The van der Waals surface area contributed by atoms with E-state index < -0.39 is 0 Å². The molecule has 2 aromatic carbocycles. The second-order valence-electron chi connectivity index (χ2n) is 6.06. The van der Waals surface area contributed by atoms with Crippen molar-refractivity contribution in [2.24, 2.45) is 0 Å². The van der Waals surface area contributed by atoms with Gasteiger partial charge in [-0.25, -0.2) is 0 Å². The van der Waals surface area contributed by atoms with E-state index in [0.717, 1.165) is 23.2 Å². The van der Waals surface area contributed by atoms with E-state index in [4.69, 9.17) is 9.47 Å². The molecule has 0 aliphatic carbocycles. The summed E-state index contributed by atoms with van der Waals surface area (Å²) in [5.41, 5.74) is 2.89. The summed E-state index contributed by atoms with van der Waals surface area (Å²) in [6.07, 6.45) is 4.32. The second kappa shape index (κ2) is 9.66. The molecular weight excluding hydrogens is 326 g/mol. The second-order valence-corrected chi connectivity index (χ2v) is 6.06. The zero-order valence-electron chi connectivity index (χ0n) is 15.9. The van der Waals surface area contributed by atoms with E-state index in [0.29, 0.717) is 24.0 Å². The van der Waals surface area contributed by atoms with Gasteiger partial charge in [-0.1, -0.05) is 38.1 Å². The number of para-hydroxylation sites is 1. The molecule has 2 aromatic rings. The van der Waals surface area contributed by atoms with Crippen molar-refractivity contribution in [1.29, 1.82) is 0 Å². The first-order valence-corrected chi connectivity index (χ1v) is 8.97. The van der Waals surface area contributed by atoms with Crippen LogP contribution in [-0.4, -0.2) is 19.6 Å². The third-order valence-electron chi connectivity index (χ3n) is 4.28. The van der Waals surface area contributed by atoms with Gasteiger partial charge in [0.25, 0.3) is 0 Å². The molecule has 1 N–H and O–H groups in total. The van der Waals surface area contributed by atoms with Crippen molar-refractivity contribution in [3.8, 4) is 11.5 Å². The van der Waals surface area contributed by atoms with Gasteiger partial charge in [-0.05, 0) is 54.7 Å². The van der Waals surface area contributed by atoms with Crippen LogP contribution in [0.3, 0.4) is 0 Å². The van der Waals surface area contributed by atoms with Gasteiger partial charge in [-0.15, -0.1) is 0 Å². The molecule has 0 saturated carbocycles. The standard InChI is InChI=1S/C22H27NO3/c1-5-16(3)18-9-7-8-10-19(18)23-22(24)14-12-17-11-13-20(26-6-2)21(15-17)25-4/h7-16H,5-6H2,1-4H3,(H,23,24)/b14-12+. The third-order valence-corrected chi connectivity index (χ3v) is 4.28. The lowest BCUT2D eigenvalue weighted by molar-refractivity contribution is -0.111. The topological polar surface area (TPSA) is 47.6 Å². The van der Waals surface area contributed by atoms with Gasteiger partial charge >= 0.3 is 0 Å².